The Kier molecular flexibility index (Phi) is 6.96. The summed E-state index contributed by atoms with van der Waals surface area (Å²) < 4.78 is 42.5. The molecule has 2 fully saturated rings. The Morgan fingerprint density at radius 1 is 1.42 bits per heavy atom. The van der Waals surface area contributed by atoms with E-state index >= 15 is 0 Å². The van der Waals surface area contributed by atoms with Crippen LogP contribution in [-0.4, -0.2) is 78.8 Å². The number of likely N-dealkylation sites (tertiary alicyclic amines) is 1. The first-order valence-electron chi connectivity index (χ1n) is 7.14. The highest BCUT2D eigenvalue weighted by atomic mass is 19.3. The Morgan fingerprint density at radius 2 is 2.04 bits per heavy atom. The standard InChI is InChI=1S/C7H10F2N2O3.C6H10FNO2/c8-7(9)1-4(6(10)14)11(3-7)5(13)2-12;1-10-6(9)5-2-4(7)3-8-5/h4,12H,1-3H2,(H2,10,14);4-5,8H,2-3H2,1H3/t4-;4-,5-/m00/s1. The van der Waals surface area contributed by atoms with Gasteiger partial charge in [0.2, 0.25) is 11.8 Å². The molecule has 11 heteroatoms. The van der Waals surface area contributed by atoms with E-state index in [2.05, 4.69) is 10.1 Å². The van der Waals surface area contributed by atoms with Gasteiger partial charge < -0.3 is 25.8 Å². The number of nitrogens with two attached hydrogens (primary N) is 1. The van der Waals surface area contributed by atoms with Crippen molar-refractivity contribution in [1.82, 2.24) is 10.2 Å². The summed E-state index contributed by atoms with van der Waals surface area (Å²) in [6.07, 6.45) is -1.43. The largest absolute Gasteiger partial charge is 0.468 e. The van der Waals surface area contributed by atoms with E-state index in [9.17, 15) is 27.6 Å². The van der Waals surface area contributed by atoms with Gasteiger partial charge in [0.15, 0.2) is 0 Å². The summed E-state index contributed by atoms with van der Waals surface area (Å²) in [6.45, 7) is -1.50. The van der Waals surface area contributed by atoms with E-state index in [0.29, 0.717) is 4.90 Å². The van der Waals surface area contributed by atoms with Gasteiger partial charge in [-0.05, 0) is 0 Å². The van der Waals surface area contributed by atoms with Crippen molar-refractivity contribution in [3.05, 3.63) is 0 Å². The molecule has 0 aromatic rings. The highest BCUT2D eigenvalue weighted by Crippen LogP contribution is 2.31. The molecule has 138 valence electrons. The summed E-state index contributed by atoms with van der Waals surface area (Å²) in [6, 6.07) is -1.75. The van der Waals surface area contributed by atoms with Crippen LogP contribution in [0.4, 0.5) is 13.2 Å². The number of ether oxygens (including phenoxy) is 1. The molecule has 2 saturated heterocycles. The van der Waals surface area contributed by atoms with Crippen LogP contribution < -0.4 is 11.1 Å². The molecule has 0 aliphatic carbocycles. The van der Waals surface area contributed by atoms with Gasteiger partial charge >= 0.3 is 5.97 Å². The van der Waals surface area contributed by atoms with Gasteiger partial charge in [-0.1, -0.05) is 0 Å². The molecule has 2 heterocycles. The molecule has 0 saturated carbocycles. The van der Waals surface area contributed by atoms with Gasteiger partial charge in [0.05, 0.1) is 13.7 Å². The summed E-state index contributed by atoms with van der Waals surface area (Å²) in [5.41, 5.74) is 4.85. The number of hydrogen-bond donors (Lipinski definition) is 3. The summed E-state index contributed by atoms with van der Waals surface area (Å²) in [5, 5.41) is 11.2. The number of halogens is 3. The van der Waals surface area contributed by atoms with Gasteiger partial charge in [0.1, 0.15) is 24.9 Å². The third-order valence-electron chi connectivity index (χ3n) is 3.62. The lowest BCUT2D eigenvalue weighted by Gasteiger charge is -2.19. The van der Waals surface area contributed by atoms with E-state index in [-0.39, 0.29) is 18.9 Å². The zero-order valence-corrected chi connectivity index (χ0v) is 13.0. The summed E-state index contributed by atoms with van der Waals surface area (Å²) in [7, 11) is 1.30. The predicted molar refractivity (Wildman–Crippen MR) is 74.7 cm³/mol. The van der Waals surface area contributed by atoms with Crippen molar-refractivity contribution in [2.24, 2.45) is 5.73 Å². The number of methoxy groups -OCH3 is 1. The number of esters is 1. The number of carbonyl (C=O) groups is 3. The fourth-order valence-electron chi connectivity index (χ4n) is 2.44. The van der Waals surface area contributed by atoms with Gasteiger partial charge in [-0.2, -0.15) is 0 Å². The third kappa shape index (κ3) is 5.34. The second-order valence-corrected chi connectivity index (χ2v) is 5.47. The topological polar surface area (TPSA) is 122 Å². The fourth-order valence-corrected chi connectivity index (χ4v) is 2.44. The SMILES string of the molecule is COC(=O)[C@@H]1C[C@H](F)CN1.NC(=O)[C@@H]1CC(F)(F)CN1C(=O)CO. The number of carbonyl (C=O) groups excluding carboxylic acids is 3. The molecule has 2 aliphatic rings. The number of hydrogen-bond acceptors (Lipinski definition) is 6. The number of alkyl halides is 3. The van der Waals surface area contributed by atoms with Crippen LogP contribution in [0.25, 0.3) is 0 Å². The first-order chi connectivity index (χ1) is 11.1. The van der Waals surface area contributed by atoms with Gasteiger partial charge in [-0.15, -0.1) is 0 Å². The molecule has 0 radical (unpaired) electrons. The van der Waals surface area contributed by atoms with Crippen LogP contribution >= 0.6 is 0 Å². The number of nitrogens with zero attached hydrogens (tertiary/aromatic N) is 1. The first-order valence-corrected chi connectivity index (χ1v) is 7.14. The van der Waals surface area contributed by atoms with Crippen LogP contribution in [0.15, 0.2) is 0 Å². The molecule has 0 aromatic heterocycles. The highest BCUT2D eigenvalue weighted by molar-refractivity contribution is 5.87. The average Bonchev–Trinajstić information content (AvgIpc) is 3.09. The number of aliphatic hydroxyl groups excluding tert-OH is 1. The van der Waals surface area contributed by atoms with E-state index in [1.165, 1.54) is 7.11 Å². The molecule has 4 N–H and O–H groups in total. The molecule has 3 atom stereocenters. The van der Waals surface area contributed by atoms with E-state index < -0.39 is 55.6 Å². The van der Waals surface area contributed by atoms with Crippen molar-refractivity contribution in [1.29, 1.82) is 0 Å². The number of amides is 2. The molecule has 0 bridgehead atoms. The van der Waals surface area contributed by atoms with E-state index in [1.807, 2.05) is 0 Å². The lowest BCUT2D eigenvalue weighted by Crippen LogP contribution is -2.44. The second-order valence-electron chi connectivity index (χ2n) is 5.47. The Hall–Kier alpha value is -1.88. The zero-order chi connectivity index (χ0) is 18.5. The molecule has 8 nitrogen and oxygen atoms in total. The smallest absolute Gasteiger partial charge is 0.322 e. The predicted octanol–water partition coefficient (Wildman–Crippen LogP) is -1.44. The molecule has 0 aromatic carbocycles. The van der Waals surface area contributed by atoms with Gasteiger partial charge in [-0.3, -0.25) is 14.4 Å². The molecular weight excluding hydrogens is 335 g/mol. The highest BCUT2D eigenvalue weighted by Gasteiger charge is 2.49. The van der Waals surface area contributed by atoms with Gasteiger partial charge in [-0.25, -0.2) is 13.2 Å². The fraction of sp³-hybridized carbons (Fsp3) is 0.769. The maximum Gasteiger partial charge on any atom is 0.322 e. The van der Waals surface area contributed by atoms with E-state index in [1.54, 1.807) is 0 Å². The van der Waals surface area contributed by atoms with Crippen molar-refractivity contribution in [2.45, 2.75) is 37.0 Å². The van der Waals surface area contributed by atoms with Gasteiger partial charge in [0, 0.05) is 19.4 Å². The number of aliphatic hydroxyl groups is 1. The van der Waals surface area contributed by atoms with Crippen LogP contribution in [0, 0.1) is 0 Å². The minimum absolute atomic E-state index is 0.243. The van der Waals surface area contributed by atoms with Crippen LogP contribution in [0.3, 0.4) is 0 Å². The molecule has 0 spiro atoms. The van der Waals surface area contributed by atoms with Crippen molar-refractivity contribution in [3.63, 3.8) is 0 Å². The van der Waals surface area contributed by atoms with Crippen molar-refractivity contribution >= 4 is 17.8 Å². The maximum atomic E-state index is 12.8. The average molecular weight is 355 g/mol. The Morgan fingerprint density at radius 3 is 2.46 bits per heavy atom. The van der Waals surface area contributed by atoms with Crippen LogP contribution in [0.1, 0.15) is 12.8 Å². The zero-order valence-electron chi connectivity index (χ0n) is 13.0. The lowest BCUT2D eigenvalue weighted by atomic mass is 10.2. The first kappa shape index (κ1) is 20.2. The molecule has 2 aliphatic heterocycles. The second kappa shape index (κ2) is 8.29. The maximum absolute atomic E-state index is 12.8. The minimum atomic E-state index is -3.11. The number of primary amides is 1. The number of nitrogens with one attached hydrogen (secondary N) is 1. The Balaban J connectivity index is 0.000000254. The lowest BCUT2D eigenvalue weighted by molar-refractivity contribution is -0.142. The van der Waals surface area contributed by atoms with Crippen LogP contribution in [0.5, 0.6) is 0 Å². The summed E-state index contributed by atoms with van der Waals surface area (Å²) in [4.78, 5) is 33.0. The van der Waals surface area contributed by atoms with E-state index in [0.717, 1.165) is 0 Å². The van der Waals surface area contributed by atoms with Gasteiger partial charge in [0.25, 0.3) is 5.92 Å². The molecule has 24 heavy (non-hydrogen) atoms. The Labute approximate surface area is 136 Å². The molecular formula is C13H20F3N3O5. The quantitative estimate of drug-likeness (QED) is 0.533. The normalized spacial score (nSPS) is 28.0. The summed E-state index contributed by atoms with van der Waals surface area (Å²) in [5.74, 6) is -5.38. The molecule has 2 amide bonds. The summed E-state index contributed by atoms with van der Waals surface area (Å²) >= 11 is 0. The van der Waals surface area contributed by atoms with E-state index in [4.69, 9.17) is 10.8 Å². The van der Waals surface area contributed by atoms with Crippen molar-refractivity contribution in [3.8, 4) is 0 Å². The van der Waals surface area contributed by atoms with Crippen molar-refractivity contribution in [2.75, 3.05) is 26.8 Å². The molecule has 2 rings (SSSR count). The van der Waals surface area contributed by atoms with Crippen molar-refractivity contribution < 1.29 is 37.4 Å². The van der Waals surface area contributed by atoms with Crippen LogP contribution in [0.2, 0.25) is 0 Å². The molecule has 0 unspecified atom stereocenters. The Bertz CT molecular complexity index is 491. The monoisotopic (exact) mass is 355 g/mol. The van der Waals surface area contributed by atoms with Crippen LogP contribution in [-0.2, 0) is 19.1 Å². The minimum Gasteiger partial charge on any atom is -0.468 e. The number of rotatable bonds is 3. The third-order valence-corrected chi connectivity index (χ3v) is 3.62.